The number of nitrogens with two attached hydrogens (primary N) is 1. The van der Waals surface area contributed by atoms with Crippen LogP contribution in [0.4, 0.5) is 4.39 Å². The Labute approximate surface area is 235 Å². The molecule has 5 rings (SSSR count). The molecule has 1 aromatic rings. The SMILES string of the molecule is C=C[C@]1(C)C[C@@H](OC(=O)COc2ccc3c(c2F)B(O)OC3CN)[C@]2(C)[C@H](C)CC[C@]3(CCC(=O)[C@H]32)[C@@H](C)[C@@H]1O. The van der Waals surface area contributed by atoms with Gasteiger partial charge < -0.3 is 30.0 Å². The number of halogens is 1. The summed E-state index contributed by atoms with van der Waals surface area (Å²) in [4.78, 5) is 26.8. The van der Waals surface area contributed by atoms with Gasteiger partial charge in [0.05, 0.1) is 12.2 Å². The first-order valence-electron chi connectivity index (χ1n) is 14.4. The normalized spacial score (nSPS) is 40.6. The average Bonchev–Trinajstić information content (AvgIpc) is 3.46. The molecule has 0 amide bonds. The maximum atomic E-state index is 15.2. The van der Waals surface area contributed by atoms with Crippen LogP contribution in [0.15, 0.2) is 24.8 Å². The number of hydrogen-bond acceptors (Lipinski definition) is 8. The van der Waals surface area contributed by atoms with Crippen LogP contribution in [0.3, 0.4) is 0 Å². The predicted molar refractivity (Wildman–Crippen MR) is 147 cm³/mol. The number of ketones is 1. The highest BCUT2D eigenvalue weighted by molar-refractivity contribution is 6.62. The molecule has 4 N–H and O–H groups in total. The topological polar surface area (TPSA) is 128 Å². The molecular formula is C30H41BFNO7. The minimum atomic E-state index is -1.48. The number of Topliss-reactive ketones (excluding diaryl/α,β-unsaturated/α-hetero) is 1. The molecule has 3 fully saturated rings. The molecule has 4 aliphatic rings. The Kier molecular flexibility index (Phi) is 7.47. The standard InChI is InChI=1S/C30H41BFNO7/c1-6-28(4)13-22(29(5)16(2)9-11-30(17(3)27(28)36)12-10-19(34)26(29)30)39-23(35)15-38-20-8-7-18-21(14-33)40-31(37)24(18)25(20)32/h6-8,16-17,21-22,26-27,36-37H,1,9-15,33H2,2-5H3/t16-,17+,21?,22-,26+,27+,28-,29+,30+/m1/s1. The molecule has 40 heavy (non-hydrogen) atoms. The van der Waals surface area contributed by atoms with Crippen LogP contribution in [0.25, 0.3) is 0 Å². The van der Waals surface area contributed by atoms with E-state index in [2.05, 4.69) is 27.4 Å². The zero-order chi connectivity index (χ0) is 29.2. The lowest BCUT2D eigenvalue weighted by atomic mass is 9.44. The van der Waals surface area contributed by atoms with E-state index in [0.717, 1.165) is 12.8 Å². The van der Waals surface area contributed by atoms with Crippen LogP contribution in [-0.4, -0.2) is 54.4 Å². The van der Waals surface area contributed by atoms with E-state index in [9.17, 15) is 19.7 Å². The molecule has 3 saturated carbocycles. The van der Waals surface area contributed by atoms with Gasteiger partial charge in [-0.1, -0.05) is 39.8 Å². The molecule has 218 valence electrons. The second kappa shape index (κ2) is 10.2. The van der Waals surface area contributed by atoms with Crippen molar-refractivity contribution in [3.63, 3.8) is 0 Å². The molecule has 0 aromatic heterocycles. The Balaban J connectivity index is 1.43. The second-order valence-corrected chi connectivity index (χ2v) is 12.9. The lowest BCUT2D eigenvalue weighted by Gasteiger charge is -2.61. The minimum absolute atomic E-state index is 0.0502. The number of fused-ring (bicyclic) bond motifs is 1. The summed E-state index contributed by atoms with van der Waals surface area (Å²) >= 11 is 0. The smallest absolute Gasteiger partial charge is 0.479 e. The largest absolute Gasteiger partial charge is 0.495 e. The van der Waals surface area contributed by atoms with Gasteiger partial charge in [0.2, 0.25) is 0 Å². The van der Waals surface area contributed by atoms with Crippen molar-refractivity contribution in [2.24, 2.45) is 39.7 Å². The van der Waals surface area contributed by atoms with E-state index >= 15 is 4.39 Å². The predicted octanol–water partition coefficient (Wildman–Crippen LogP) is 2.83. The third-order valence-electron chi connectivity index (χ3n) is 11.2. The van der Waals surface area contributed by atoms with E-state index in [0.29, 0.717) is 24.8 Å². The number of carbonyl (C=O) groups excluding carboxylic acids is 2. The van der Waals surface area contributed by atoms with Crippen molar-refractivity contribution in [1.29, 1.82) is 0 Å². The van der Waals surface area contributed by atoms with Gasteiger partial charge in [-0.3, -0.25) is 4.79 Å². The Bertz CT molecular complexity index is 1210. The highest BCUT2D eigenvalue weighted by Crippen LogP contribution is 2.68. The minimum Gasteiger partial charge on any atom is -0.479 e. The van der Waals surface area contributed by atoms with Crippen molar-refractivity contribution in [2.75, 3.05) is 13.2 Å². The third kappa shape index (κ3) is 4.17. The summed E-state index contributed by atoms with van der Waals surface area (Å²) < 4.78 is 32.2. The van der Waals surface area contributed by atoms with E-state index in [4.69, 9.17) is 19.9 Å². The van der Waals surface area contributed by atoms with Crippen molar-refractivity contribution in [3.05, 3.63) is 36.2 Å². The molecule has 1 aliphatic heterocycles. The van der Waals surface area contributed by atoms with Crippen LogP contribution in [0.5, 0.6) is 5.75 Å². The first-order valence-corrected chi connectivity index (χ1v) is 14.4. The van der Waals surface area contributed by atoms with E-state index in [1.54, 1.807) is 12.1 Å². The lowest BCUT2D eigenvalue weighted by Crippen LogP contribution is -2.63. The molecule has 1 aromatic carbocycles. The zero-order valence-electron chi connectivity index (χ0n) is 23.8. The number of carbonyl (C=O) groups is 2. The van der Waals surface area contributed by atoms with Gasteiger partial charge in [-0.25, -0.2) is 9.18 Å². The Morgan fingerprint density at radius 2 is 2.05 bits per heavy atom. The fourth-order valence-electron chi connectivity index (χ4n) is 8.54. The second-order valence-electron chi connectivity index (χ2n) is 12.9. The number of ether oxygens (including phenoxy) is 2. The van der Waals surface area contributed by atoms with Gasteiger partial charge in [-0.2, -0.15) is 0 Å². The van der Waals surface area contributed by atoms with Crippen molar-refractivity contribution in [1.82, 2.24) is 0 Å². The number of hydrogen-bond donors (Lipinski definition) is 3. The summed E-state index contributed by atoms with van der Waals surface area (Å²) in [5.74, 6) is -1.93. The monoisotopic (exact) mass is 557 g/mol. The van der Waals surface area contributed by atoms with Crippen molar-refractivity contribution < 1.29 is 38.2 Å². The zero-order valence-corrected chi connectivity index (χ0v) is 23.8. The molecule has 0 saturated heterocycles. The van der Waals surface area contributed by atoms with Gasteiger partial charge in [-0.05, 0) is 54.6 Å². The van der Waals surface area contributed by atoms with Crippen LogP contribution < -0.4 is 15.9 Å². The Morgan fingerprint density at radius 1 is 1.32 bits per heavy atom. The molecule has 9 atom stereocenters. The van der Waals surface area contributed by atoms with E-state index in [1.165, 1.54) is 6.07 Å². The first-order chi connectivity index (χ1) is 18.8. The summed E-state index contributed by atoms with van der Waals surface area (Å²) in [6.45, 7) is 11.7. The summed E-state index contributed by atoms with van der Waals surface area (Å²) in [7, 11) is -1.48. The van der Waals surface area contributed by atoms with Gasteiger partial charge in [-0.15, -0.1) is 6.58 Å². The molecule has 0 radical (unpaired) electrons. The molecular weight excluding hydrogens is 516 g/mol. The Hall–Kier alpha value is -2.27. The summed E-state index contributed by atoms with van der Waals surface area (Å²) in [6, 6.07) is 2.94. The lowest BCUT2D eigenvalue weighted by molar-refractivity contribution is -0.207. The molecule has 1 unspecified atom stereocenters. The van der Waals surface area contributed by atoms with E-state index in [1.807, 2.05) is 6.92 Å². The fourth-order valence-corrected chi connectivity index (χ4v) is 8.54. The summed E-state index contributed by atoms with van der Waals surface area (Å²) in [5.41, 5.74) is 4.26. The number of aliphatic hydroxyl groups is 1. The van der Waals surface area contributed by atoms with Gasteiger partial charge in [0.1, 0.15) is 11.9 Å². The van der Waals surface area contributed by atoms with Crippen molar-refractivity contribution in [3.8, 4) is 5.75 Å². The summed E-state index contributed by atoms with van der Waals surface area (Å²) in [6.07, 6.45) is 2.83. The first kappa shape index (κ1) is 29.2. The molecule has 1 heterocycles. The van der Waals surface area contributed by atoms with Crippen molar-refractivity contribution >= 4 is 24.3 Å². The number of aliphatic hydroxyl groups excluding tert-OH is 1. The van der Waals surface area contributed by atoms with E-state index < -0.39 is 54.7 Å². The van der Waals surface area contributed by atoms with Crippen LogP contribution in [-0.2, 0) is 19.0 Å². The molecule has 8 nitrogen and oxygen atoms in total. The van der Waals surface area contributed by atoms with Gasteiger partial charge >= 0.3 is 13.1 Å². The fraction of sp³-hybridized carbons (Fsp3) is 0.667. The number of rotatable bonds is 6. The third-order valence-corrected chi connectivity index (χ3v) is 11.2. The average molecular weight is 557 g/mol. The number of esters is 1. The number of benzene rings is 1. The van der Waals surface area contributed by atoms with Gasteiger partial charge in [0.25, 0.3) is 0 Å². The molecule has 10 heteroatoms. The maximum Gasteiger partial charge on any atom is 0.495 e. The maximum absolute atomic E-state index is 15.2. The molecule has 0 spiro atoms. The van der Waals surface area contributed by atoms with Crippen LogP contribution >= 0.6 is 0 Å². The van der Waals surface area contributed by atoms with E-state index in [-0.39, 0.29) is 46.7 Å². The van der Waals surface area contributed by atoms with Crippen molar-refractivity contribution in [2.45, 2.75) is 78.1 Å². The van der Waals surface area contributed by atoms with Gasteiger partial charge in [0.15, 0.2) is 18.2 Å². The van der Waals surface area contributed by atoms with Crippen LogP contribution in [0.1, 0.15) is 71.5 Å². The molecule has 2 bridgehead atoms. The van der Waals surface area contributed by atoms with Crippen LogP contribution in [0.2, 0.25) is 0 Å². The van der Waals surface area contributed by atoms with Gasteiger partial charge in [0, 0.05) is 35.2 Å². The Morgan fingerprint density at radius 3 is 2.73 bits per heavy atom. The summed E-state index contributed by atoms with van der Waals surface area (Å²) in [5, 5.41) is 21.8. The van der Waals surface area contributed by atoms with Crippen LogP contribution in [0, 0.1) is 39.8 Å². The highest BCUT2D eigenvalue weighted by atomic mass is 19.1. The molecule has 3 aliphatic carbocycles. The highest BCUT2D eigenvalue weighted by Gasteiger charge is 2.68. The quantitative estimate of drug-likeness (QED) is 0.277.